The summed E-state index contributed by atoms with van der Waals surface area (Å²) in [5.74, 6) is 0. The highest BCUT2D eigenvalue weighted by Crippen LogP contribution is 2.19. The van der Waals surface area contributed by atoms with Gasteiger partial charge >= 0.3 is 0 Å². The molecule has 0 amide bonds. The lowest BCUT2D eigenvalue weighted by molar-refractivity contribution is 0.511. The van der Waals surface area contributed by atoms with Gasteiger partial charge in [-0.2, -0.15) is 15.4 Å². The maximum Gasteiger partial charge on any atom is 0.0997 e. The Bertz CT molecular complexity index is 279. The van der Waals surface area contributed by atoms with E-state index in [0.29, 0.717) is 0 Å². The Kier molecular flexibility index (Phi) is 5.04. The minimum atomic E-state index is 0.246. The summed E-state index contributed by atoms with van der Waals surface area (Å²) in [6, 6.07) is 0.246. The van der Waals surface area contributed by atoms with E-state index < -0.39 is 0 Å². The molecule has 4 nitrogen and oxygen atoms in total. The van der Waals surface area contributed by atoms with Gasteiger partial charge in [-0.05, 0) is 25.8 Å². The molecular formula is C11H20N4. The minimum absolute atomic E-state index is 0.246. The first-order valence-electron chi connectivity index (χ1n) is 5.53. The molecule has 0 saturated carbocycles. The molecule has 0 aliphatic carbocycles. The highest BCUT2D eigenvalue weighted by molar-refractivity contribution is 5.06. The van der Waals surface area contributed by atoms with E-state index >= 15 is 0 Å². The summed E-state index contributed by atoms with van der Waals surface area (Å²) in [6.07, 6.45) is 4.84. The van der Waals surface area contributed by atoms with Crippen molar-refractivity contribution in [1.82, 2.24) is 20.7 Å². The third-order valence-electron chi connectivity index (χ3n) is 2.42. The molecule has 4 heteroatoms. The second-order valence-corrected chi connectivity index (χ2v) is 3.71. The third kappa shape index (κ3) is 3.83. The number of aromatic nitrogens is 3. The first-order valence-corrected chi connectivity index (χ1v) is 5.53. The van der Waals surface area contributed by atoms with Crippen LogP contribution < -0.4 is 5.32 Å². The molecule has 15 heavy (non-hydrogen) atoms. The van der Waals surface area contributed by atoms with E-state index in [-0.39, 0.29) is 6.04 Å². The normalized spacial score (nSPS) is 12.7. The average Bonchev–Trinajstić information content (AvgIpc) is 2.77. The van der Waals surface area contributed by atoms with Gasteiger partial charge in [-0.15, -0.1) is 0 Å². The lowest BCUT2D eigenvalue weighted by Crippen LogP contribution is -2.22. The van der Waals surface area contributed by atoms with Crippen molar-refractivity contribution in [2.45, 2.75) is 39.2 Å². The van der Waals surface area contributed by atoms with Crippen molar-refractivity contribution in [3.05, 3.63) is 24.0 Å². The first kappa shape index (κ1) is 11.9. The molecule has 0 saturated heterocycles. The Morgan fingerprint density at radius 2 is 2.40 bits per heavy atom. The molecular weight excluding hydrogens is 188 g/mol. The standard InChI is InChI=1S/C11H20N4/c1-4-6-12-10(7-9(3)5-2)11-8-13-15-14-11/h8,10,12H,3-7H2,1-2H3,(H,13,14,15). The fraction of sp³-hybridized carbons (Fsp3) is 0.636. The van der Waals surface area contributed by atoms with E-state index in [1.807, 2.05) is 0 Å². The van der Waals surface area contributed by atoms with Crippen LogP contribution in [0.4, 0.5) is 0 Å². The Hall–Kier alpha value is -1.16. The van der Waals surface area contributed by atoms with Crippen LogP contribution in [0.15, 0.2) is 18.3 Å². The van der Waals surface area contributed by atoms with E-state index in [4.69, 9.17) is 0 Å². The van der Waals surface area contributed by atoms with Gasteiger partial charge in [0.2, 0.25) is 0 Å². The molecule has 1 heterocycles. The molecule has 1 unspecified atom stereocenters. The van der Waals surface area contributed by atoms with E-state index in [2.05, 4.69) is 41.2 Å². The van der Waals surface area contributed by atoms with Crippen LogP contribution in [0.2, 0.25) is 0 Å². The van der Waals surface area contributed by atoms with Gasteiger partial charge in [0, 0.05) is 0 Å². The first-order chi connectivity index (χ1) is 7.27. The van der Waals surface area contributed by atoms with E-state index in [1.54, 1.807) is 6.20 Å². The zero-order chi connectivity index (χ0) is 11.1. The van der Waals surface area contributed by atoms with Crippen LogP contribution in [0, 0.1) is 0 Å². The van der Waals surface area contributed by atoms with Gasteiger partial charge < -0.3 is 5.32 Å². The smallest absolute Gasteiger partial charge is 0.0997 e. The highest BCUT2D eigenvalue weighted by atomic mass is 15.3. The van der Waals surface area contributed by atoms with Crippen molar-refractivity contribution in [1.29, 1.82) is 0 Å². The SMILES string of the molecule is C=C(CC)CC(NCCC)c1cn[nH]n1. The van der Waals surface area contributed by atoms with Crippen LogP contribution in [0.25, 0.3) is 0 Å². The number of hydrogen-bond donors (Lipinski definition) is 2. The summed E-state index contributed by atoms with van der Waals surface area (Å²) in [5, 5.41) is 14.1. The molecule has 0 aliphatic heterocycles. The number of hydrogen-bond acceptors (Lipinski definition) is 3. The number of nitrogens with one attached hydrogen (secondary N) is 2. The quantitative estimate of drug-likeness (QED) is 0.675. The number of H-pyrrole nitrogens is 1. The number of rotatable bonds is 7. The van der Waals surface area contributed by atoms with Gasteiger partial charge in [-0.25, -0.2) is 0 Å². The molecule has 0 aromatic carbocycles. The minimum Gasteiger partial charge on any atom is -0.308 e. The maximum atomic E-state index is 4.12. The zero-order valence-corrected chi connectivity index (χ0v) is 9.58. The largest absolute Gasteiger partial charge is 0.308 e. The summed E-state index contributed by atoms with van der Waals surface area (Å²) >= 11 is 0. The molecule has 0 bridgehead atoms. The van der Waals surface area contributed by atoms with Gasteiger partial charge in [0.05, 0.1) is 17.9 Å². The molecule has 0 aliphatic rings. The zero-order valence-electron chi connectivity index (χ0n) is 9.58. The van der Waals surface area contributed by atoms with Gasteiger partial charge in [-0.3, -0.25) is 0 Å². The summed E-state index contributed by atoms with van der Waals surface area (Å²) in [4.78, 5) is 0. The molecule has 1 aromatic heterocycles. The second-order valence-electron chi connectivity index (χ2n) is 3.71. The van der Waals surface area contributed by atoms with Crippen LogP contribution in [0.1, 0.15) is 44.8 Å². The lowest BCUT2D eigenvalue weighted by Gasteiger charge is -2.16. The van der Waals surface area contributed by atoms with E-state index in [1.165, 1.54) is 5.57 Å². The highest BCUT2D eigenvalue weighted by Gasteiger charge is 2.13. The van der Waals surface area contributed by atoms with Crippen molar-refractivity contribution in [2.24, 2.45) is 0 Å². The Labute approximate surface area is 91.2 Å². The van der Waals surface area contributed by atoms with Crippen LogP contribution in [0.5, 0.6) is 0 Å². The van der Waals surface area contributed by atoms with Crippen LogP contribution in [0.3, 0.4) is 0 Å². The van der Waals surface area contributed by atoms with Crippen molar-refractivity contribution in [3.63, 3.8) is 0 Å². The van der Waals surface area contributed by atoms with Gasteiger partial charge in [0.1, 0.15) is 0 Å². The molecule has 0 radical (unpaired) electrons. The lowest BCUT2D eigenvalue weighted by atomic mass is 10.0. The summed E-state index contributed by atoms with van der Waals surface area (Å²) in [5.41, 5.74) is 2.21. The summed E-state index contributed by atoms with van der Waals surface area (Å²) in [6.45, 7) is 9.31. The average molecular weight is 208 g/mol. The number of aromatic amines is 1. The van der Waals surface area contributed by atoms with Crippen LogP contribution >= 0.6 is 0 Å². The van der Waals surface area contributed by atoms with Crippen LogP contribution in [-0.4, -0.2) is 22.0 Å². The predicted octanol–water partition coefficient (Wildman–Crippen LogP) is 2.20. The summed E-state index contributed by atoms with van der Waals surface area (Å²) < 4.78 is 0. The maximum absolute atomic E-state index is 4.12. The molecule has 0 spiro atoms. The fourth-order valence-corrected chi connectivity index (χ4v) is 1.41. The molecule has 84 valence electrons. The molecule has 0 fully saturated rings. The Morgan fingerprint density at radius 3 is 2.93 bits per heavy atom. The molecule has 1 atom stereocenters. The topological polar surface area (TPSA) is 53.6 Å². The van der Waals surface area contributed by atoms with Crippen molar-refractivity contribution < 1.29 is 0 Å². The van der Waals surface area contributed by atoms with E-state index in [0.717, 1.165) is 31.5 Å². The Balaban J connectivity index is 2.57. The van der Waals surface area contributed by atoms with Crippen LogP contribution in [-0.2, 0) is 0 Å². The second kappa shape index (κ2) is 6.35. The van der Waals surface area contributed by atoms with Gasteiger partial charge in [-0.1, -0.05) is 26.0 Å². The molecule has 1 rings (SSSR count). The Morgan fingerprint density at radius 1 is 1.60 bits per heavy atom. The number of nitrogens with zero attached hydrogens (tertiary/aromatic N) is 2. The van der Waals surface area contributed by atoms with Crippen molar-refractivity contribution in [2.75, 3.05) is 6.54 Å². The monoisotopic (exact) mass is 208 g/mol. The third-order valence-corrected chi connectivity index (χ3v) is 2.42. The fourth-order valence-electron chi connectivity index (χ4n) is 1.41. The van der Waals surface area contributed by atoms with E-state index in [9.17, 15) is 0 Å². The van der Waals surface area contributed by atoms with Crippen molar-refractivity contribution in [3.8, 4) is 0 Å². The van der Waals surface area contributed by atoms with Gasteiger partial charge in [0.15, 0.2) is 0 Å². The molecule has 1 aromatic rings. The van der Waals surface area contributed by atoms with Crippen molar-refractivity contribution >= 4 is 0 Å². The summed E-state index contributed by atoms with van der Waals surface area (Å²) in [7, 11) is 0. The predicted molar refractivity (Wildman–Crippen MR) is 61.5 cm³/mol. The van der Waals surface area contributed by atoms with Gasteiger partial charge in [0.25, 0.3) is 0 Å². The molecule has 2 N–H and O–H groups in total.